The number of anilines is 1. The summed E-state index contributed by atoms with van der Waals surface area (Å²) in [6, 6.07) is 15.6. The molecule has 6 nitrogen and oxygen atoms in total. The molecule has 2 aromatic carbocycles. The van der Waals surface area contributed by atoms with Crippen molar-refractivity contribution < 1.29 is 17.7 Å². The lowest BCUT2D eigenvalue weighted by molar-refractivity contribution is 0.102. The van der Waals surface area contributed by atoms with Crippen LogP contribution in [0.1, 0.15) is 28.9 Å². The van der Waals surface area contributed by atoms with Crippen molar-refractivity contribution in [1.82, 2.24) is 4.98 Å². The molecule has 0 fully saturated rings. The van der Waals surface area contributed by atoms with Gasteiger partial charge in [0.1, 0.15) is 0 Å². The summed E-state index contributed by atoms with van der Waals surface area (Å²) < 4.78 is 25.0. The van der Waals surface area contributed by atoms with Gasteiger partial charge in [-0.2, -0.15) is 4.21 Å². The topological polar surface area (TPSA) is 88.5 Å². The van der Waals surface area contributed by atoms with Crippen LogP contribution in [-0.2, 0) is 15.5 Å². The second kappa shape index (κ2) is 9.60. The van der Waals surface area contributed by atoms with Gasteiger partial charge >= 0.3 is 11.4 Å². The number of carbonyl (C=O) groups excluding carboxylic acids is 1. The number of carbonyl (C=O) groups is 1. The number of hydrogen-bond donors (Lipinski definition) is 2. The zero-order valence-corrected chi connectivity index (χ0v) is 18.3. The number of rotatable bonds is 6. The lowest BCUT2D eigenvalue weighted by Gasteiger charge is -2.13. The normalized spacial score (nSPS) is 13.0. The summed E-state index contributed by atoms with van der Waals surface area (Å²) in [6.45, 7) is 1.64. The quantitative estimate of drug-likeness (QED) is 0.433. The third-order valence-corrected chi connectivity index (χ3v) is 5.54. The van der Waals surface area contributed by atoms with E-state index in [2.05, 4.69) is 26.2 Å². The van der Waals surface area contributed by atoms with Gasteiger partial charge in [0.15, 0.2) is 0 Å². The minimum absolute atomic E-state index is 0.322. The lowest BCUT2D eigenvalue weighted by Crippen LogP contribution is -2.13. The van der Waals surface area contributed by atoms with Crippen LogP contribution in [0, 0.1) is 0 Å². The van der Waals surface area contributed by atoms with Crippen LogP contribution in [0.25, 0.3) is 11.3 Å². The fraction of sp³-hybridized carbons (Fsp3) is 0.100. The van der Waals surface area contributed by atoms with Crippen LogP contribution in [0.2, 0.25) is 5.02 Å². The summed E-state index contributed by atoms with van der Waals surface area (Å²) in [5.41, 5.74) is 3.04. The Bertz CT molecular complexity index is 1070. The Hall–Kier alpha value is -2.10. The molecule has 3 aromatic rings. The minimum Gasteiger partial charge on any atom is -0.322 e. The molecule has 0 aliphatic heterocycles. The highest BCUT2D eigenvalue weighted by atomic mass is 79.9. The molecule has 2 N–H and O–H groups in total. The summed E-state index contributed by atoms with van der Waals surface area (Å²) in [5.74, 6) is -0.322. The molecule has 0 saturated carbocycles. The van der Waals surface area contributed by atoms with Gasteiger partial charge in [-0.3, -0.25) is 18.5 Å². The highest BCUT2D eigenvalue weighted by Crippen LogP contribution is 2.30. The van der Waals surface area contributed by atoms with Gasteiger partial charge in [0, 0.05) is 21.9 Å². The first-order chi connectivity index (χ1) is 13.8. The van der Waals surface area contributed by atoms with Crippen molar-refractivity contribution in [3.63, 3.8) is 0 Å². The van der Waals surface area contributed by atoms with E-state index in [1.165, 1.54) is 0 Å². The van der Waals surface area contributed by atoms with Crippen LogP contribution < -0.4 is 5.32 Å². The van der Waals surface area contributed by atoms with Crippen LogP contribution in [0.15, 0.2) is 65.3 Å². The Balaban J connectivity index is 1.81. The van der Waals surface area contributed by atoms with E-state index in [9.17, 15) is 9.00 Å². The van der Waals surface area contributed by atoms with Crippen molar-refractivity contribution in [3.8, 4) is 11.3 Å². The molecule has 2 unspecified atom stereocenters. The van der Waals surface area contributed by atoms with Crippen LogP contribution in [0.3, 0.4) is 0 Å². The molecule has 29 heavy (non-hydrogen) atoms. The van der Waals surface area contributed by atoms with E-state index in [0.29, 0.717) is 37.6 Å². The van der Waals surface area contributed by atoms with Crippen molar-refractivity contribution >= 4 is 50.5 Å². The molecule has 0 spiro atoms. The van der Waals surface area contributed by atoms with Crippen molar-refractivity contribution in [3.05, 3.63) is 81.4 Å². The Morgan fingerprint density at radius 2 is 2.03 bits per heavy atom. The number of aromatic nitrogens is 1. The van der Waals surface area contributed by atoms with Gasteiger partial charge in [-0.25, -0.2) is 0 Å². The second-order valence-corrected chi connectivity index (χ2v) is 7.95. The van der Waals surface area contributed by atoms with Crippen LogP contribution in [0.4, 0.5) is 5.69 Å². The SMILES string of the molecule is CC(OS(=O)O)c1ccc(C(=O)Nc2ccc(Cl)c(-c3ccccn3)c2)c(Br)c1. The molecular weight excluding hydrogens is 480 g/mol. The first-order valence-corrected chi connectivity index (χ1v) is 10.6. The molecular formula is C20H16BrClN2O4S. The number of nitrogens with zero attached hydrogens (tertiary/aromatic N) is 1. The molecule has 1 amide bonds. The maximum atomic E-state index is 12.7. The number of hydrogen-bond acceptors (Lipinski definition) is 4. The van der Waals surface area contributed by atoms with Crippen LogP contribution in [0.5, 0.6) is 0 Å². The molecule has 2 atom stereocenters. The molecule has 0 aliphatic rings. The minimum atomic E-state index is -2.37. The fourth-order valence-corrected chi connectivity index (χ4v) is 3.82. The molecule has 3 rings (SSSR count). The van der Waals surface area contributed by atoms with Gasteiger partial charge in [-0.15, -0.1) is 0 Å². The summed E-state index contributed by atoms with van der Waals surface area (Å²) >= 11 is 7.28. The van der Waals surface area contributed by atoms with Gasteiger partial charge < -0.3 is 5.32 Å². The van der Waals surface area contributed by atoms with Gasteiger partial charge in [-0.1, -0.05) is 23.7 Å². The summed E-state index contributed by atoms with van der Waals surface area (Å²) in [7, 11) is 0. The first kappa shape index (κ1) is 21.6. The van der Waals surface area contributed by atoms with Crippen molar-refractivity contribution in [2.45, 2.75) is 13.0 Å². The van der Waals surface area contributed by atoms with E-state index in [1.807, 2.05) is 18.2 Å². The molecule has 1 heterocycles. The van der Waals surface area contributed by atoms with Gasteiger partial charge in [0.25, 0.3) is 5.91 Å². The van der Waals surface area contributed by atoms with Crippen molar-refractivity contribution in [2.75, 3.05) is 5.32 Å². The van der Waals surface area contributed by atoms with Crippen LogP contribution >= 0.6 is 27.5 Å². The second-order valence-electron chi connectivity index (χ2n) is 6.06. The molecule has 0 aliphatic carbocycles. The molecule has 150 valence electrons. The number of amides is 1. The molecule has 0 bridgehead atoms. The predicted octanol–water partition coefficient (Wildman–Crippen LogP) is 5.63. The Morgan fingerprint density at radius 3 is 2.69 bits per heavy atom. The summed E-state index contributed by atoms with van der Waals surface area (Å²) in [5, 5.41) is 3.37. The van der Waals surface area contributed by atoms with Gasteiger partial charge in [-0.05, 0) is 70.9 Å². The third kappa shape index (κ3) is 5.49. The predicted molar refractivity (Wildman–Crippen MR) is 117 cm³/mol. The van der Waals surface area contributed by atoms with Crippen molar-refractivity contribution in [1.29, 1.82) is 0 Å². The standard InChI is InChI=1S/C20H16BrClN2O4S/c1-12(28-29(26)27)13-5-7-15(17(21)10-13)20(25)24-14-6-8-18(22)16(11-14)19-4-2-3-9-23-19/h2-12H,1H3,(H,24,25)(H,26,27). The fourth-order valence-electron chi connectivity index (χ4n) is 2.67. The zero-order valence-electron chi connectivity index (χ0n) is 15.1. The Labute approximate surface area is 183 Å². The van der Waals surface area contributed by atoms with E-state index in [1.54, 1.807) is 49.5 Å². The van der Waals surface area contributed by atoms with Crippen LogP contribution in [-0.4, -0.2) is 19.7 Å². The van der Waals surface area contributed by atoms with E-state index >= 15 is 0 Å². The Kier molecular flexibility index (Phi) is 7.15. The average Bonchev–Trinajstić information content (AvgIpc) is 2.69. The van der Waals surface area contributed by atoms with E-state index in [4.69, 9.17) is 20.3 Å². The van der Waals surface area contributed by atoms with Gasteiger partial charge in [0.2, 0.25) is 0 Å². The summed E-state index contributed by atoms with van der Waals surface area (Å²) in [4.78, 5) is 17.0. The molecule has 0 radical (unpaired) electrons. The number of benzene rings is 2. The highest BCUT2D eigenvalue weighted by Gasteiger charge is 2.16. The number of halogens is 2. The largest absolute Gasteiger partial charge is 0.322 e. The Morgan fingerprint density at radius 1 is 1.24 bits per heavy atom. The summed E-state index contributed by atoms with van der Waals surface area (Å²) in [6.07, 6.45) is 1.07. The first-order valence-electron chi connectivity index (χ1n) is 8.45. The molecule has 1 aromatic heterocycles. The number of nitrogens with one attached hydrogen (secondary N) is 1. The van der Waals surface area contributed by atoms with E-state index < -0.39 is 17.5 Å². The van der Waals surface area contributed by atoms with Gasteiger partial charge in [0.05, 0.1) is 22.4 Å². The average molecular weight is 496 g/mol. The van der Waals surface area contributed by atoms with E-state index in [-0.39, 0.29) is 5.91 Å². The smallest absolute Gasteiger partial charge is 0.302 e. The molecule has 9 heteroatoms. The highest BCUT2D eigenvalue weighted by molar-refractivity contribution is 9.10. The zero-order chi connectivity index (χ0) is 21.0. The lowest BCUT2D eigenvalue weighted by atomic mass is 10.1. The van der Waals surface area contributed by atoms with Crippen molar-refractivity contribution in [2.24, 2.45) is 0 Å². The van der Waals surface area contributed by atoms with E-state index in [0.717, 1.165) is 0 Å². The molecule has 0 saturated heterocycles. The monoisotopic (exact) mass is 494 g/mol. The number of pyridine rings is 1. The maximum absolute atomic E-state index is 12.7. The third-order valence-electron chi connectivity index (χ3n) is 4.10. The maximum Gasteiger partial charge on any atom is 0.302 e.